The van der Waals surface area contributed by atoms with Crippen LogP contribution < -0.4 is 16.0 Å². The summed E-state index contributed by atoms with van der Waals surface area (Å²) < 4.78 is 4.97. The van der Waals surface area contributed by atoms with Crippen LogP contribution in [-0.4, -0.2) is 52.4 Å². The molecule has 9 nitrogen and oxygen atoms in total. The third-order valence-corrected chi connectivity index (χ3v) is 5.02. The molecule has 10 heteroatoms. The molecule has 2 amide bonds. The maximum atomic E-state index is 12.7. The second-order valence-corrected chi connectivity index (χ2v) is 7.24. The van der Waals surface area contributed by atoms with E-state index >= 15 is 0 Å². The van der Waals surface area contributed by atoms with Gasteiger partial charge in [0.1, 0.15) is 5.82 Å². The lowest BCUT2D eigenvalue weighted by molar-refractivity contribution is -0.144. The van der Waals surface area contributed by atoms with Gasteiger partial charge >= 0.3 is 17.6 Å². The Labute approximate surface area is 170 Å². The van der Waals surface area contributed by atoms with E-state index in [1.54, 1.807) is 24.4 Å². The number of carbonyl (C=O) groups is 2. The zero-order valence-electron chi connectivity index (χ0n) is 15.5. The largest absolute Gasteiger partial charge is 0.417 e. The number of carbonyl (C=O) groups excluding carboxylic acids is 2. The minimum Gasteiger partial charge on any atom is -0.408 e. The Bertz CT molecular complexity index is 1120. The average molecular weight is 416 g/mol. The van der Waals surface area contributed by atoms with Crippen LogP contribution in [0.25, 0.3) is 11.1 Å². The van der Waals surface area contributed by atoms with Gasteiger partial charge in [0.05, 0.1) is 10.5 Å². The highest BCUT2D eigenvalue weighted by Gasteiger charge is 2.31. The number of aromatic amines is 1. The summed E-state index contributed by atoms with van der Waals surface area (Å²) in [5.41, 5.74) is 1.19. The summed E-state index contributed by atoms with van der Waals surface area (Å²) in [6.07, 6.45) is 1.58. The molecule has 3 heterocycles. The molecule has 2 N–H and O–H groups in total. The second-order valence-electron chi connectivity index (χ2n) is 6.81. The lowest BCUT2D eigenvalue weighted by atomic mass is 10.1. The molecule has 150 valence electrons. The third kappa shape index (κ3) is 3.95. The first-order valence-electron chi connectivity index (χ1n) is 9.02. The van der Waals surface area contributed by atoms with Crippen LogP contribution in [0.2, 0.25) is 5.02 Å². The van der Waals surface area contributed by atoms with Crippen molar-refractivity contribution < 1.29 is 14.0 Å². The number of H-pyrrole nitrogens is 1. The van der Waals surface area contributed by atoms with Crippen LogP contribution >= 0.6 is 11.6 Å². The third-order valence-electron chi connectivity index (χ3n) is 4.80. The fourth-order valence-corrected chi connectivity index (χ4v) is 3.47. The number of hydrogen-bond acceptors (Lipinski definition) is 6. The number of piperazine rings is 1. The predicted molar refractivity (Wildman–Crippen MR) is 108 cm³/mol. The van der Waals surface area contributed by atoms with E-state index in [0.717, 1.165) is 5.82 Å². The minimum atomic E-state index is -0.743. The first kappa shape index (κ1) is 19.0. The quantitative estimate of drug-likeness (QED) is 0.618. The molecule has 1 aromatic carbocycles. The van der Waals surface area contributed by atoms with Crippen LogP contribution in [0.1, 0.15) is 6.92 Å². The summed E-state index contributed by atoms with van der Waals surface area (Å²) >= 11 is 5.88. The van der Waals surface area contributed by atoms with Crippen molar-refractivity contribution in [1.29, 1.82) is 0 Å². The Balaban J connectivity index is 1.41. The van der Waals surface area contributed by atoms with Crippen molar-refractivity contribution >= 4 is 46.0 Å². The van der Waals surface area contributed by atoms with Gasteiger partial charge in [-0.1, -0.05) is 11.6 Å². The molecule has 29 heavy (non-hydrogen) atoms. The Morgan fingerprint density at radius 1 is 1.28 bits per heavy atom. The molecule has 2 aromatic heterocycles. The monoisotopic (exact) mass is 415 g/mol. The summed E-state index contributed by atoms with van der Waals surface area (Å²) in [6, 6.07) is 8.10. The summed E-state index contributed by atoms with van der Waals surface area (Å²) in [5.74, 6) is -1.16. The number of pyridine rings is 1. The van der Waals surface area contributed by atoms with Gasteiger partial charge in [-0.2, -0.15) is 0 Å². The number of rotatable bonds is 2. The maximum Gasteiger partial charge on any atom is 0.417 e. The number of fused-ring (bicyclic) bond motifs is 1. The number of aromatic nitrogens is 2. The van der Waals surface area contributed by atoms with Crippen LogP contribution in [0.15, 0.2) is 45.7 Å². The zero-order chi connectivity index (χ0) is 20.5. The fraction of sp³-hybridized carbons (Fsp3) is 0.263. The van der Waals surface area contributed by atoms with Crippen LogP contribution in [0.4, 0.5) is 11.5 Å². The van der Waals surface area contributed by atoms with Gasteiger partial charge in [0.25, 0.3) is 0 Å². The number of benzene rings is 1. The van der Waals surface area contributed by atoms with Crippen molar-refractivity contribution in [2.45, 2.75) is 13.0 Å². The van der Waals surface area contributed by atoms with Crippen molar-refractivity contribution in [3.8, 4) is 0 Å². The highest BCUT2D eigenvalue weighted by atomic mass is 35.5. The van der Waals surface area contributed by atoms with E-state index < -0.39 is 17.6 Å². The summed E-state index contributed by atoms with van der Waals surface area (Å²) in [7, 11) is 0. The van der Waals surface area contributed by atoms with E-state index in [0.29, 0.717) is 41.4 Å². The minimum absolute atomic E-state index is 0.176. The van der Waals surface area contributed by atoms with Crippen LogP contribution in [0.3, 0.4) is 0 Å². The van der Waals surface area contributed by atoms with E-state index in [1.165, 1.54) is 11.0 Å². The van der Waals surface area contributed by atoms with Gasteiger partial charge in [-0.25, -0.2) is 9.78 Å². The van der Waals surface area contributed by atoms with Gasteiger partial charge in [0.2, 0.25) is 0 Å². The van der Waals surface area contributed by atoms with Gasteiger partial charge in [-0.05, 0) is 31.2 Å². The zero-order valence-corrected chi connectivity index (χ0v) is 16.3. The lowest BCUT2D eigenvalue weighted by Gasteiger charge is -2.40. The van der Waals surface area contributed by atoms with Gasteiger partial charge < -0.3 is 19.5 Å². The molecular formula is C19H18ClN5O4. The molecule has 1 saturated heterocycles. The topological polar surface area (TPSA) is 112 Å². The molecule has 1 fully saturated rings. The van der Waals surface area contributed by atoms with E-state index in [1.807, 2.05) is 17.9 Å². The number of oxazole rings is 1. The molecule has 1 aliphatic heterocycles. The molecule has 1 atom stereocenters. The van der Waals surface area contributed by atoms with Gasteiger partial charge in [-0.15, -0.1) is 0 Å². The first-order chi connectivity index (χ1) is 13.9. The van der Waals surface area contributed by atoms with E-state index in [2.05, 4.69) is 15.3 Å². The fourth-order valence-electron chi connectivity index (χ4n) is 3.36. The van der Waals surface area contributed by atoms with Gasteiger partial charge in [0, 0.05) is 43.6 Å². The number of amides is 2. The number of hydrogen-bond donors (Lipinski definition) is 2. The highest BCUT2D eigenvalue weighted by molar-refractivity contribution is 6.39. The number of anilines is 2. The Kier molecular flexibility index (Phi) is 4.98. The molecule has 1 aliphatic rings. The van der Waals surface area contributed by atoms with Gasteiger partial charge in [0.15, 0.2) is 5.58 Å². The molecule has 0 saturated carbocycles. The van der Waals surface area contributed by atoms with Crippen LogP contribution in [0.5, 0.6) is 0 Å². The summed E-state index contributed by atoms with van der Waals surface area (Å²) in [6.45, 7) is 3.38. The second kappa shape index (κ2) is 7.59. The number of nitrogens with zero attached hydrogens (tertiary/aromatic N) is 3. The van der Waals surface area contributed by atoms with Crippen molar-refractivity contribution in [1.82, 2.24) is 14.9 Å². The molecule has 0 aliphatic carbocycles. The lowest BCUT2D eigenvalue weighted by Crippen LogP contribution is -2.56. The molecule has 4 rings (SSSR count). The van der Waals surface area contributed by atoms with E-state index in [9.17, 15) is 14.4 Å². The predicted octanol–water partition coefficient (Wildman–Crippen LogP) is 1.85. The average Bonchev–Trinajstić information content (AvgIpc) is 3.07. The maximum absolute atomic E-state index is 12.7. The molecule has 0 unspecified atom stereocenters. The van der Waals surface area contributed by atoms with Crippen molar-refractivity contribution in [3.63, 3.8) is 0 Å². The number of halogens is 1. The van der Waals surface area contributed by atoms with E-state index in [4.69, 9.17) is 16.0 Å². The van der Waals surface area contributed by atoms with Crippen LogP contribution in [0, 0.1) is 0 Å². The smallest absolute Gasteiger partial charge is 0.408 e. The first-order valence-corrected chi connectivity index (χ1v) is 9.40. The summed E-state index contributed by atoms with van der Waals surface area (Å²) in [4.78, 5) is 46.7. The SMILES string of the molecule is C[C@@H]1CN(c2ccc(Cl)cn2)CCN1C(=O)C(=O)Nc1ccc2[nH]c(=O)oc2c1. The Morgan fingerprint density at radius 2 is 2.10 bits per heavy atom. The molecule has 0 spiro atoms. The Morgan fingerprint density at radius 3 is 2.83 bits per heavy atom. The number of nitrogens with one attached hydrogen (secondary N) is 2. The molecular weight excluding hydrogens is 398 g/mol. The molecule has 3 aromatic rings. The van der Waals surface area contributed by atoms with Crippen molar-refractivity contribution in [3.05, 3.63) is 52.1 Å². The molecule has 0 bridgehead atoms. The Hall–Kier alpha value is -3.33. The van der Waals surface area contributed by atoms with Gasteiger partial charge in [-0.3, -0.25) is 14.6 Å². The highest BCUT2D eigenvalue weighted by Crippen LogP contribution is 2.20. The summed E-state index contributed by atoms with van der Waals surface area (Å²) in [5, 5.41) is 3.12. The van der Waals surface area contributed by atoms with Crippen molar-refractivity contribution in [2.75, 3.05) is 29.9 Å². The molecule has 0 radical (unpaired) electrons. The van der Waals surface area contributed by atoms with E-state index in [-0.39, 0.29) is 6.04 Å². The normalized spacial score (nSPS) is 16.8. The standard InChI is InChI=1S/C19H18ClN5O4/c1-11-10-24(16-5-2-12(20)9-21-16)6-7-25(11)18(27)17(26)22-13-3-4-14-15(8-13)29-19(28)23-14/h2-5,8-9,11H,6-7,10H2,1H3,(H,22,26)(H,23,28)/t11-/m1/s1. The van der Waals surface area contributed by atoms with Crippen molar-refractivity contribution in [2.24, 2.45) is 0 Å². The van der Waals surface area contributed by atoms with Crippen LogP contribution in [-0.2, 0) is 9.59 Å².